The van der Waals surface area contributed by atoms with Crippen LogP contribution in [0.15, 0.2) is 11.5 Å². The predicted molar refractivity (Wildman–Crippen MR) is 74.3 cm³/mol. The molecule has 0 atom stereocenters. The van der Waals surface area contributed by atoms with Crippen LogP contribution in [0.5, 0.6) is 0 Å². The number of nitrogens with zero attached hydrogens (tertiary/aromatic N) is 1. The molecule has 0 spiro atoms. The van der Waals surface area contributed by atoms with Gasteiger partial charge in [-0.25, -0.2) is 0 Å². The van der Waals surface area contributed by atoms with Gasteiger partial charge in [0.2, 0.25) is 7.85 Å². The predicted octanol–water partition coefficient (Wildman–Crippen LogP) is 1.00. The average Bonchev–Trinajstić information content (AvgIpc) is 2.48. The summed E-state index contributed by atoms with van der Waals surface area (Å²) in [6.07, 6.45) is 2.89. The Morgan fingerprint density at radius 3 is 2.28 bits per heavy atom. The lowest BCUT2D eigenvalue weighted by Crippen LogP contribution is -2.41. The van der Waals surface area contributed by atoms with Crippen molar-refractivity contribution in [2.45, 2.75) is 45.3 Å². The standard InChI is InChI=1S/C12H21B2NO3/c1-11(2)12(3,4)18-14(17-11)9-5-7-15(8-6-9)10(13)16/h5H,6-8,13H2,1-4H3. The van der Waals surface area contributed by atoms with E-state index in [1.165, 1.54) is 0 Å². The fourth-order valence-electron chi connectivity index (χ4n) is 2.18. The number of amides is 1. The van der Waals surface area contributed by atoms with E-state index in [-0.39, 0.29) is 24.1 Å². The highest BCUT2D eigenvalue weighted by atomic mass is 16.7. The summed E-state index contributed by atoms with van der Waals surface area (Å²) in [7, 11) is 1.34. The van der Waals surface area contributed by atoms with Gasteiger partial charge in [-0.1, -0.05) is 6.08 Å². The second-order valence-electron chi connectivity index (χ2n) is 6.08. The molecule has 2 aliphatic rings. The summed E-state index contributed by atoms with van der Waals surface area (Å²) in [5.74, 6) is 0.124. The third kappa shape index (κ3) is 2.36. The number of hydrogen-bond donors (Lipinski definition) is 0. The van der Waals surface area contributed by atoms with Crippen LogP contribution in [0.1, 0.15) is 34.1 Å². The molecular weight excluding hydrogens is 228 g/mol. The minimum Gasteiger partial charge on any atom is -0.400 e. The maximum absolute atomic E-state index is 11.3. The van der Waals surface area contributed by atoms with E-state index in [1.807, 2.05) is 4.90 Å². The molecule has 0 aromatic heterocycles. The summed E-state index contributed by atoms with van der Waals surface area (Å²) in [5.41, 5.74) is 0.568. The Labute approximate surface area is 110 Å². The van der Waals surface area contributed by atoms with Gasteiger partial charge < -0.3 is 14.2 Å². The van der Waals surface area contributed by atoms with Crippen LogP contribution in [-0.2, 0) is 9.31 Å². The molecule has 2 aliphatic heterocycles. The lowest BCUT2D eigenvalue weighted by molar-refractivity contribution is 0.00578. The van der Waals surface area contributed by atoms with Crippen molar-refractivity contribution < 1.29 is 14.1 Å². The molecule has 0 bridgehead atoms. The summed E-state index contributed by atoms with van der Waals surface area (Å²) in [6, 6.07) is 0. The molecule has 6 heteroatoms. The Bertz CT molecular complexity index is 377. The van der Waals surface area contributed by atoms with Gasteiger partial charge in [0.25, 0.3) is 0 Å². The van der Waals surface area contributed by atoms with Gasteiger partial charge in [0, 0.05) is 13.1 Å². The first kappa shape index (κ1) is 13.7. The second-order valence-corrected chi connectivity index (χ2v) is 6.08. The zero-order chi connectivity index (χ0) is 13.6. The van der Waals surface area contributed by atoms with Crippen LogP contribution >= 0.6 is 0 Å². The molecule has 1 saturated heterocycles. The fraction of sp³-hybridized carbons (Fsp3) is 0.750. The van der Waals surface area contributed by atoms with E-state index >= 15 is 0 Å². The number of hydrogen-bond acceptors (Lipinski definition) is 3. The molecule has 0 unspecified atom stereocenters. The van der Waals surface area contributed by atoms with Crippen LogP contribution in [0.25, 0.3) is 0 Å². The SMILES string of the molecule is BC(=O)N1CC=C(B2OC(C)(C)C(C)(C)O2)CC1. The zero-order valence-electron chi connectivity index (χ0n) is 11.9. The summed E-state index contributed by atoms with van der Waals surface area (Å²) >= 11 is 0. The first-order chi connectivity index (χ1) is 8.23. The molecule has 1 amide bonds. The lowest BCUT2D eigenvalue weighted by Gasteiger charge is -2.32. The van der Waals surface area contributed by atoms with Gasteiger partial charge >= 0.3 is 7.12 Å². The smallest absolute Gasteiger partial charge is 0.400 e. The molecule has 2 heterocycles. The number of carbonyl (C=O) groups is 1. The van der Waals surface area contributed by atoms with E-state index in [0.717, 1.165) is 18.4 Å². The summed E-state index contributed by atoms with van der Waals surface area (Å²) in [5, 5.41) is 0. The molecule has 98 valence electrons. The molecule has 0 N–H and O–H groups in total. The Morgan fingerprint density at radius 2 is 1.89 bits per heavy atom. The second kappa shape index (κ2) is 4.42. The van der Waals surface area contributed by atoms with Crippen molar-refractivity contribution in [3.63, 3.8) is 0 Å². The fourth-order valence-corrected chi connectivity index (χ4v) is 2.18. The minimum atomic E-state index is -0.295. The Morgan fingerprint density at radius 1 is 1.33 bits per heavy atom. The van der Waals surface area contributed by atoms with E-state index in [2.05, 4.69) is 33.8 Å². The van der Waals surface area contributed by atoms with E-state index < -0.39 is 0 Å². The van der Waals surface area contributed by atoms with Crippen LogP contribution in [-0.4, -0.2) is 50.0 Å². The van der Waals surface area contributed by atoms with Crippen molar-refractivity contribution in [3.05, 3.63) is 11.5 Å². The molecular formula is C12H21B2NO3. The highest BCUT2D eigenvalue weighted by molar-refractivity contribution is 6.57. The van der Waals surface area contributed by atoms with Crippen molar-refractivity contribution in [2.24, 2.45) is 0 Å². The number of rotatable bonds is 1. The maximum atomic E-state index is 11.3. The number of carbonyl (C=O) groups excluding carboxylic acids is 1. The lowest BCUT2D eigenvalue weighted by atomic mass is 9.74. The highest BCUT2D eigenvalue weighted by Gasteiger charge is 2.52. The average molecular weight is 249 g/mol. The van der Waals surface area contributed by atoms with Crippen molar-refractivity contribution in [2.75, 3.05) is 13.1 Å². The zero-order valence-corrected chi connectivity index (χ0v) is 11.9. The van der Waals surface area contributed by atoms with E-state index in [9.17, 15) is 4.79 Å². The van der Waals surface area contributed by atoms with Crippen LogP contribution in [0.3, 0.4) is 0 Å². The highest BCUT2D eigenvalue weighted by Crippen LogP contribution is 2.39. The first-order valence-electron chi connectivity index (χ1n) is 6.53. The van der Waals surface area contributed by atoms with E-state index in [0.29, 0.717) is 6.54 Å². The maximum Gasteiger partial charge on any atom is 0.490 e. The minimum absolute atomic E-state index is 0.124. The molecule has 18 heavy (non-hydrogen) atoms. The van der Waals surface area contributed by atoms with Crippen molar-refractivity contribution >= 4 is 20.8 Å². The van der Waals surface area contributed by atoms with Crippen molar-refractivity contribution in [1.82, 2.24) is 4.90 Å². The third-order valence-corrected chi connectivity index (χ3v) is 4.25. The van der Waals surface area contributed by atoms with Gasteiger partial charge in [0.05, 0.1) is 11.2 Å². The van der Waals surface area contributed by atoms with Gasteiger partial charge in [-0.15, -0.1) is 0 Å². The molecule has 4 nitrogen and oxygen atoms in total. The van der Waals surface area contributed by atoms with Gasteiger partial charge in [0.15, 0.2) is 5.81 Å². The molecule has 0 aromatic carbocycles. The van der Waals surface area contributed by atoms with Gasteiger partial charge in [0.1, 0.15) is 0 Å². The Balaban J connectivity index is 2.06. The van der Waals surface area contributed by atoms with E-state index in [4.69, 9.17) is 9.31 Å². The molecule has 0 aromatic rings. The van der Waals surface area contributed by atoms with Crippen LogP contribution in [0.4, 0.5) is 4.79 Å². The van der Waals surface area contributed by atoms with Crippen LogP contribution < -0.4 is 0 Å². The van der Waals surface area contributed by atoms with Crippen LogP contribution in [0, 0.1) is 0 Å². The van der Waals surface area contributed by atoms with E-state index in [1.54, 1.807) is 7.85 Å². The Kier molecular flexibility index (Phi) is 3.36. The summed E-state index contributed by atoms with van der Waals surface area (Å²) in [4.78, 5) is 13.1. The van der Waals surface area contributed by atoms with Crippen molar-refractivity contribution in [1.29, 1.82) is 0 Å². The largest absolute Gasteiger partial charge is 0.490 e. The first-order valence-corrected chi connectivity index (χ1v) is 6.53. The van der Waals surface area contributed by atoms with Crippen LogP contribution in [0.2, 0.25) is 0 Å². The summed E-state index contributed by atoms with van der Waals surface area (Å²) < 4.78 is 12.0. The van der Waals surface area contributed by atoms with Gasteiger partial charge in [-0.3, -0.25) is 4.79 Å². The summed E-state index contributed by atoms with van der Waals surface area (Å²) in [6.45, 7) is 9.63. The topological polar surface area (TPSA) is 38.8 Å². The molecule has 0 aliphatic carbocycles. The van der Waals surface area contributed by atoms with Gasteiger partial charge in [-0.2, -0.15) is 0 Å². The quantitative estimate of drug-likeness (QED) is 0.650. The third-order valence-electron chi connectivity index (χ3n) is 4.25. The van der Waals surface area contributed by atoms with Crippen molar-refractivity contribution in [3.8, 4) is 0 Å². The Hall–Kier alpha value is -0.740. The molecule has 2 rings (SSSR count). The normalized spacial score (nSPS) is 26.1. The van der Waals surface area contributed by atoms with Gasteiger partial charge in [-0.05, 0) is 39.6 Å². The molecule has 0 saturated carbocycles. The monoisotopic (exact) mass is 249 g/mol. The molecule has 1 fully saturated rings. The molecule has 0 radical (unpaired) electrons.